The Morgan fingerprint density at radius 3 is 1.08 bits per heavy atom. The van der Waals surface area contributed by atoms with E-state index in [2.05, 4.69) is 0 Å². The Hall–Kier alpha value is -0.450. The molecule has 4 heteroatoms. The second-order valence-electron chi connectivity index (χ2n) is 1.09. The Kier molecular flexibility index (Phi) is 766. The molecule has 0 unspecified atom stereocenters. The van der Waals surface area contributed by atoms with Gasteiger partial charge in [0.1, 0.15) is 6.79 Å². The van der Waals surface area contributed by atoms with E-state index >= 15 is 0 Å². The van der Waals surface area contributed by atoms with E-state index in [1.54, 1.807) is 13.8 Å². The Morgan fingerprint density at radius 1 is 1.08 bits per heavy atom. The predicted molar refractivity (Wildman–Crippen MR) is 55.8 cm³/mol. The van der Waals surface area contributed by atoms with Crippen molar-refractivity contribution in [2.24, 2.45) is 0 Å². The zero-order chi connectivity index (χ0) is 7.58. The van der Waals surface area contributed by atoms with Crippen LogP contribution in [0.5, 0.6) is 0 Å². The van der Waals surface area contributed by atoms with Gasteiger partial charge in [-0.25, -0.2) is 0 Å². The molecule has 0 heterocycles. The summed E-state index contributed by atoms with van der Waals surface area (Å²) in [4.78, 5) is 8.00. The van der Waals surface area contributed by atoms with Gasteiger partial charge in [-0.15, -0.1) is 0 Å². The summed E-state index contributed by atoms with van der Waals surface area (Å²) in [6.07, 6.45) is -0.167. The molecule has 0 aliphatic heterocycles. The molecule has 0 aromatic carbocycles. The third-order valence-corrected chi connectivity index (χ3v) is 0. The van der Waals surface area contributed by atoms with Gasteiger partial charge in [0, 0.05) is 13.2 Å². The molecule has 0 atom stereocenters. The van der Waals surface area contributed by atoms with Gasteiger partial charge in [-0.1, -0.05) is 7.43 Å². The predicted octanol–water partition coefficient (Wildman–Crippen LogP) is 0.523. The van der Waals surface area contributed by atoms with Crippen LogP contribution in [0.15, 0.2) is 0 Å². The van der Waals surface area contributed by atoms with Crippen LogP contribution in [0.25, 0.3) is 0 Å². The SMILES string of the molecule is C.C=O.CC(C)O.CO.O.[CH3-].[CH3-]. The third kappa shape index (κ3) is 3450. The lowest BCUT2D eigenvalue weighted by atomic mass is 10.5. The monoisotopic (exact) mass is 186 g/mol. The topological polar surface area (TPSA) is 89.0 Å². The number of carbonyl (C=O) groups excluding carboxylic acids is 1. The Bertz CT molecular complexity index is 22.3. The van der Waals surface area contributed by atoms with Crippen LogP contribution < -0.4 is 0 Å². The molecule has 4 N–H and O–H groups in total. The highest BCUT2D eigenvalue weighted by molar-refractivity contribution is 5.10. The number of aliphatic hydroxyl groups excluding tert-OH is 2. The van der Waals surface area contributed by atoms with Gasteiger partial charge in [0.15, 0.2) is 0 Å². The van der Waals surface area contributed by atoms with Gasteiger partial charge in [-0.3, -0.25) is 0 Å². The van der Waals surface area contributed by atoms with Gasteiger partial charge in [0.25, 0.3) is 0 Å². The van der Waals surface area contributed by atoms with Crippen molar-refractivity contribution >= 4 is 6.79 Å². The molecule has 84 valence electrons. The number of rotatable bonds is 0. The van der Waals surface area contributed by atoms with E-state index in [9.17, 15) is 0 Å². The summed E-state index contributed by atoms with van der Waals surface area (Å²) >= 11 is 0. The van der Waals surface area contributed by atoms with Crippen LogP contribution in [0.4, 0.5) is 0 Å². The van der Waals surface area contributed by atoms with Crippen molar-refractivity contribution in [3.63, 3.8) is 0 Å². The van der Waals surface area contributed by atoms with E-state index in [1.807, 2.05) is 6.79 Å². The highest BCUT2D eigenvalue weighted by Crippen LogP contribution is 1.65. The second kappa shape index (κ2) is 148. The lowest BCUT2D eigenvalue weighted by Gasteiger charge is -1.80. The molecule has 0 spiro atoms. The number of hydrogen-bond acceptors (Lipinski definition) is 3. The normalized spacial score (nSPS) is 3.83. The Labute approximate surface area is 77.6 Å². The van der Waals surface area contributed by atoms with Crippen LogP contribution in [0.2, 0.25) is 0 Å². The van der Waals surface area contributed by atoms with E-state index in [1.165, 1.54) is 0 Å². The Morgan fingerprint density at radius 2 is 1.08 bits per heavy atom. The maximum absolute atomic E-state index is 8.06. The van der Waals surface area contributed by atoms with Crippen molar-refractivity contribution in [3.8, 4) is 0 Å². The minimum Gasteiger partial charge on any atom is -0.412 e. The fourth-order valence-corrected chi connectivity index (χ4v) is 0. The van der Waals surface area contributed by atoms with Gasteiger partial charge < -0.3 is 35.3 Å². The van der Waals surface area contributed by atoms with Gasteiger partial charge in [-0.2, -0.15) is 0 Å². The number of hydrogen-bond donors (Lipinski definition) is 2. The summed E-state index contributed by atoms with van der Waals surface area (Å²) < 4.78 is 0. The van der Waals surface area contributed by atoms with E-state index < -0.39 is 0 Å². The molecule has 0 aliphatic rings. The van der Waals surface area contributed by atoms with Gasteiger partial charge in [0.2, 0.25) is 0 Å². The molecule has 4 nitrogen and oxygen atoms in total. The maximum Gasteiger partial charge on any atom is 0.106 e. The number of carbonyl (C=O) groups is 1. The van der Waals surface area contributed by atoms with Crippen molar-refractivity contribution in [2.75, 3.05) is 7.11 Å². The summed E-state index contributed by atoms with van der Waals surface area (Å²) in [5, 5.41) is 15.1. The molecule has 0 amide bonds. The first kappa shape index (κ1) is 62.1. The minimum absolute atomic E-state index is 0. The zero-order valence-corrected chi connectivity index (χ0v) is 8.09. The molecule has 0 rings (SSSR count). The van der Waals surface area contributed by atoms with Crippen LogP contribution in [0, 0.1) is 14.9 Å². The molecule has 0 aliphatic carbocycles. The van der Waals surface area contributed by atoms with Crippen molar-refractivity contribution in [3.05, 3.63) is 14.9 Å². The summed E-state index contributed by atoms with van der Waals surface area (Å²) in [5.41, 5.74) is 0. The standard InChI is InChI=1S/C3H8O.CH4O.CH2O.CH4.2CH3.H2O/c1-3(2)4;2*1-2;;;;/h3-4H,1-2H3;2H,1H3;1H2;1H4;2*1H3;1H2/q;;;;2*-1;. The molecule has 0 fully saturated rings. The fourth-order valence-electron chi connectivity index (χ4n) is 0. The van der Waals surface area contributed by atoms with Crippen LogP contribution >= 0.6 is 0 Å². The van der Waals surface area contributed by atoms with E-state index in [-0.39, 0.29) is 33.9 Å². The molecule has 0 saturated heterocycles. The van der Waals surface area contributed by atoms with Crippen molar-refractivity contribution < 1.29 is 20.5 Å². The van der Waals surface area contributed by atoms with Crippen LogP contribution in [-0.2, 0) is 4.79 Å². The molecule has 0 radical (unpaired) electrons. The minimum atomic E-state index is -0.167. The van der Waals surface area contributed by atoms with E-state index in [0.29, 0.717) is 0 Å². The van der Waals surface area contributed by atoms with Crippen LogP contribution in [-0.4, -0.2) is 35.7 Å². The van der Waals surface area contributed by atoms with Crippen molar-refractivity contribution in [2.45, 2.75) is 27.4 Å². The highest BCUT2D eigenvalue weighted by atomic mass is 16.3. The smallest absolute Gasteiger partial charge is 0.106 e. The first-order valence-electron chi connectivity index (χ1n) is 2.15. The lowest BCUT2D eigenvalue weighted by Crippen LogP contribution is -1.85. The van der Waals surface area contributed by atoms with Crippen LogP contribution in [0.1, 0.15) is 21.3 Å². The van der Waals surface area contributed by atoms with Crippen LogP contribution in [0.3, 0.4) is 0 Å². The highest BCUT2D eigenvalue weighted by Gasteiger charge is 1.69. The van der Waals surface area contributed by atoms with Gasteiger partial charge in [-0.05, 0) is 13.8 Å². The first-order chi connectivity index (χ1) is 3.73. The molecule has 12 heavy (non-hydrogen) atoms. The second-order valence-corrected chi connectivity index (χ2v) is 1.09. The van der Waals surface area contributed by atoms with E-state index in [4.69, 9.17) is 15.0 Å². The van der Waals surface area contributed by atoms with E-state index in [0.717, 1.165) is 7.11 Å². The molecular formula is C8H26O4-2. The Balaban J connectivity index is -0.00000000575. The average molecular weight is 186 g/mol. The zero-order valence-electron chi connectivity index (χ0n) is 8.09. The van der Waals surface area contributed by atoms with Gasteiger partial charge >= 0.3 is 0 Å². The summed E-state index contributed by atoms with van der Waals surface area (Å²) in [6, 6.07) is 0. The lowest BCUT2D eigenvalue weighted by molar-refractivity contribution is -0.0979. The van der Waals surface area contributed by atoms with Crippen molar-refractivity contribution in [1.82, 2.24) is 0 Å². The number of aliphatic hydroxyl groups is 2. The first-order valence-corrected chi connectivity index (χ1v) is 2.15. The molecule has 0 saturated carbocycles. The quantitative estimate of drug-likeness (QED) is 0.540. The molecule has 0 aromatic rings. The molecule has 0 aromatic heterocycles. The largest absolute Gasteiger partial charge is 0.412 e. The average Bonchev–Trinajstić information content (AvgIpc) is 1.75. The fraction of sp³-hybridized carbons (Fsp3) is 0.625. The third-order valence-electron chi connectivity index (χ3n) is 0. The van der Waals surface area contributed by atoms with Gasteiger partial charge in [0.05, 0.1) is 0 Å². The summed E-state index contributed by atoms with van der Waals surface area (Å²) in [6.45, 7) is 5.44. The molecular weight excluding hydrogens is 160 g/mol. The molecule has 0 bridgehead atoms. The summed E-state index contributed by atoms with van der Waals surface area (Å²) in [7, 11) is 1.00. The summed E-state index contributed by atoms with van der Waals surface area (Å²) in [5.74, 6) is 0. The maximum atomic E-state index is 8.06. The van der Waals surface area contributed by atoms with Crippen molar-refractivity contribution in [1.29, 1.82) is 0 Å².